The highest BCUT2D eigenvalue weighted by Gasteiger charge is 2.15. The Balaban J connectivity index is 2.28. The number of non-ortho nitro benzene ring substituents is 1. The second kappa shape index (κ2) is 6.63. The van der Waals surface area contributed by atoms with Gasteiger partial charge in [0, 0.05) is 12.1 Å². The maximum absolute atomic E-state index is 12.4. The molecule has 0 saturated carbocycles. The van der Waals surface area contributed by atoms with Crippen LogP contribution in [0.1, 0.15) is 17.3 Å². The molecule has 0 amide bonds. The smallest absolute Gasteiger partial charge is 0.338 e. The lowest BCUT2D eigenvalue weighted by molar-refractivity contribution is -0.384. The number of carbonyl (C=O) groups is 1. The first-order valence-electron chi connectivity index (χ1n) is 7.63. The standard InChI is InChI=1S/C17H13N3O6/c1-2-26-17(23)10-4-3-5-11(8-10)19-14-7-6-12(20(24)25)9-13(14)18-15(21)16(19)22/h3-9H,2H2,1H3,(H,18,21). The molecular formula is C17H13N3O6. The number of nitro groups is 1. The normalized spacial score (nSPS) is 10.7. The van der Waals surface area contributed by atoms with E-state index in [4.69, 9.17) is 4.74 Å². The molecule has 1 aromatic heterocycles. The van der Waals surface area contributed by atoms with Crippen molar-refractivity contribution < 1.29 is 14.5 Å². The Hall–Kier alpha value is -3.75. The van der Waals surface area contributed by atoms with Gasteiger partial charge in [-0.15, -0.1) is 0 Å². The van der Waals surface area contributed by atoms with Gasteiger partial charge in [-0.25, -0.2) is 4.79 Å². The van der Waals surface area contributed by atoms with Crippen molar-refractivity contribution in [2.45, 2.75) is 6.92 Å². The molecule has 0 spiro atoms. The number of rotatable bonds is 4. The van der Waals surface area contributed by atoms with Crippen molar-refractivity contribution in [3.63, 3.8) is 0 Å². The quantitative estimate of drug-likeness (QED) is 0.329. The van der Waals surface area contributed by atoms with Crippen LogP contribution in [-0.4, -0.2) is 27.1 Å². The van der Waals surface area contributed by atoms with Crippen molar-refractivity contribution in [3.8, 4) is 5.69 Å². The summed E-state index contributed by atoms with van der Waals surface area (Å²) in [6.07, 6.45) is 0. The van der Waals surface area contributed by atoms with Gasteiger partial charge in [0.25, 0.3) is 5.69 Å². The van der Waals surface area contributed by atoms with Gasteiger partial charge in [0.2, 0.25) is 0 Å². The number of carbonyl (C=O) groups excluding carboxylic acids is 1. The average molecular weight is 355 g/mol. The van der Waals surface area contributed by atoms with E-state index in [1.807, 2.05) is 0 Å². The van der Waals surface area contributed by atoms with Gasteiger partial charge < -0.3 is 9.72 Å². The molecule has 0 aliphatic heterocycles. The topological polar surface area (TPSA) is 124 Å². The van der Waals surface area contributed by atoms with Crippen molar-refractivity contribution in [1.29, 1.82) is 0 Å². The predicted octanol–water partition coefficient (Wildman–Crippen LogP) is 1.76. The molecule has 0 bridgehead atoms. The fourth-order valence-electron chi connectivity index (χ4n) is 2.56. The molecule has 1 heterocycles. The summed E-state index contributed by atoms with van der Waals surface area (Å²) in [5.41, 5.74) is -1.14. The Kier molecular flexibility index (Phi) is 4.36. The van der Waals surface area contributed by atoms with E-state index in [1.165, 1.54) is 30.3 Å². The third kappa shape index (κ3) is 2.97. The molecule has 0 saturated heterocycles. The lowest BCUT2D eigenvalue weighted by Gasteiger charge is -2.11. The molecule has 9 nitrogen and oxygen atoms in total. The van der Waals surface area contributed by atoms with Gasteiger partial charge in [0.1, 0.15) is 0 Å². The fraction of sp³-hybridized carbons (Fsp3) is 0.118. The van der Waals surface area contributed by atoms with Crippen molar-refractivity contribution in [1.82, 2.24) is 9.55 Å². The van der Waals surface area contributed by atoms with E-state index in [1.54, 1.807) is 19.1 Å². The largest absolute Gasteiger partial charge is 0.462 e. The van der Waals surface area contributed by atoms with Gasteiger partial charge in [-0.05, 0) is 31.2 Å². The van der Waals surface area contributed by atoms with Crippen LogP contribution in [0.2, 0.25) is 0 Å². The highest BCUT2D eigenvalue weighted by molar-refractivity contribution is 5.90. The number of hydrogen-bond donors (Lipinski definition) is 1. The number of ether oxygens (including phenoxy) is 1. The van der Waals surface area contributed by atoms with Crippen LogP contribution in [0.3, 0.4) is 0 Å². The Morgan fingerprint density at radius 3 is 2.69 bits per heavy atom. The van der Waals surface area contributed by atoms with Gasteiger partial charge in [-0.3, -0.25) is 24.3 Å². The zero-order valence-corrected chi connectivity index (χ0v) is 13.6. The number of fused-ring (bicyclic) bond motifs is 1. The maximum atomic E-state index is 12.4. The van der Waals surface area contributed by atoms with Gasteiger partial charge in [-0.1, -0.05) is 6.07 Å². The van der Waals surface area contributed by atoms with E-state index in [2.05, 4.69) is 4.98 Å². The summed E-state index contributed by atoms with van der Waals surface area (Å²) in [5.74, 6) is -0.563. The zero-order valence-electron chi connectivity index (χ0n) is 13.6. The Morgan fingerprint density at radius 1 is 1.23 bits per heavy atom. The summed E-state index contributed by atoms with van der Waals surface area (Å²) in [7, 11) is 0. The van der Waals surface area contributed by atoms with E-state index in [0.29, 0.717) is 0 Å². The van der Waals surface area contributed by atoms with Gasteiger partial charge in [-0.2, -0.15) is 0 Å². The van der Waals surface area contributed by atoms with Crippen molar-refractivity contribution in [2.24, 2.45) is 0 Å². The van der Waals surface area contributed by atoms with E-state index in [-0.39, 0.29) is 34.6 Å². The first-order valence-corrected chi connectivity index (χ1v) is 7.63. The first-order chi connectivity index (χ1) is 12.4. The molecule has 3 aromatic rings. The van der Waals surface area contributed by atoms with E-state index in [0.717, 1.165) is 4.57 Å². The van der Waals surface area contributed by atoms with Crippen LogP contribution in [0, 0.1) is 10.1 Å². The minimum absolute atomic E-state index is 0.130. The molecular weight excluding hydrogens is 342 g/mol. The third-order valence-electron chi connectivity index (χ3n) is 3.69. The fourth-order valence-corrected chi connectivity index (χ4v) is 2.56. The molecule has 1 N–H and O–H groups in total. The number of aromatic nitrogens is 2. The molecule has 0 aliphatic rings. The van der Waals surface area contributed by atoms with Crippen LogP contribution in [0.25, 0.3) is 16.7 Å². The molecule has 0 unspecified atom stereocenters. The number of aromatic amines is 1. The van der Waals surface area contributed by atoms with Crippen LogP contribution in [-0.2, 0) is 4.74 Å². The molecule has 132 valence electrons. The molecule has 9 heteroatoms. The number of benzene rings is 2. The maximum Gasteiger partial charge on any atom is 0.338 e. The summed E-state index contributed by atoms with van der Waals surface area (Å²) in [6.45, 7) is 1.87. The number of esters is 1. The summed E-state index contributed by atoms with van der Waals surface area (Å²) >= 11 is 0. The van der Waals surface area contributed by atoms with Gasteiger partial charge in [0.05, 0.1) is 33.8 Å². The molecule has 0 atom stereocenters. The first kappa shape index (κ1) is 17.1. The van der Waals surface area contributed by atoms with Crippen LogP contribution in [0.4, 0.5) is 5.69 Å². The number of nitrogens with one attached hydrogen (secondary N) is 1. The number of nitro benzene ring substituents is 1. The number of hydrogen-bond acceptors (Lipinski definition) is 6. The monoisotopic (exact) mass is 355 g/mol. The van der Waals surface area contributed by atoms with Gasteiger partial charge >= 0.3 is 17.1 Å². The Morgan fingerprint density at radius 2 is 2.00 bits per heavy atom. The van der Waals surface area contributed by atoms with E-state index >= 15 is 0 Å². The predicted molar refractivity (Wildman–Crippen MR) is 92.8 cm³/mol. The van der Waals surface area contributed by atoms with Crippen LogP contribution < -0.4 is 11.1 Å². The summed E-state index contributed by atoms with van der Waals surface area (Å²) < 4.78 is 6.03. The van der Waals surface area contributed by atoms with Crippen LogP contribution in [0.15, 0.2) is 52.1 Å². The molecule has 3 rings (SSSR count). The minimum Gasteiger partial charge on any atom is -0.462 e. The molecule has 2 aromatic carbocycles. The summed E-state index contributed by atoms with van der Waals surface area (Å²) in [6, 6.07) is 9.79. The number of H-pyrrole nitrogens is 1. The molecule has 0 aliphatic carbocycles. The SMILES string of the molecule is CCOC(=O)c1cccc(-n2c(=O)c(=O)[nH]c3cc([N+](=O)[O-])ccc32)c1. The average Bonchev–Trinajstić information content (AvgIpc) is 2.62. The second-order valence-electron chi connectivity index (χ2n) is 5.32. The lowest BCUT2D eigenvalue weighted by Crippen LogP contribution is -2.35. The molecule has 0 radical (unpaired) electrons. The zero-order chi connectivity index (χ0) is 18.8. The second-order valence-corrected chi connectivity index (χ2v) is 5.32. The van der Waals surface area contributed by atoms with E-state index < -0.39 is 22.0 Å². The van der Waals surface area contributed by atoms with Crippen LogP contribution in [0.5, 0.6) is 0 Å². The molecule has 0 fully saturated rings. The Bertz CT molecular complexity index is 1150. The van der Waals surface area contributed by atoms with Crippen LogP contribution >= 0.6 is 0 Å². The third-order valence-corrected chi connectivity index (χ3v) is 3.69. The van der Waals surface area contributed by atoms with E-state index in [9.17, 15) is 24.5 Å². The Labute approximate surface area is 145 Å². The number of nitrogens with zero attached hydrogens (tertiary/aromatic N) is 2. The minimum atomic E-state index is -0.931. The summed E-state index contributed by atoms with van der Waals surface area (Å²) in [4.78, 5) is 48.9. The van der Waals surface area contributed by atoms with Gasteiger partial charge in [0.15, 0.2) is 0 Å². The van der Waals surface area contributed by atoms with Crippen molar-refractivity contribution >= 4 is 22.7 Å². The molecule has 26 heavy (non-hydrogen) atoms. The summed E-state index contributed by atoms with van der Waals surface area (Å²) in [5, 5.41) is 10.9. The van der Waals surface area contributed by atoms with Crippen molar-refractivity contribution in [2.75, 3.05) is 6.61 Å². The lowest BCUT2D eigenvalue weighted by atomic mass is 10.2. The highest BCUT2D eigenvalue weighted by atomic mass is 16.6. The highest BCUT2D eigenvalue weighted by Crippen LogP contribution is 2.20. The van der Waals surface area contributed by atoms with Crippen molar-refractivity contribution in [3.05, 3.63) is 78.8 Å².